The van der Waals surface area contributed by atoms with Crippen molar-refractivity contribution in [1.29, 1.82) is 0 Å². The van der Waals surface area contributed by atoms with E-state index >= 15 is 0 Å². The van der Waals surface area contributed by atoms with Gasteiger partial charge in [-0.05, 0) is 19.4 Å². The van der Waals surface area contributed by atoms with E-state index in [4.69, 9.17) is 5.11 Å². The average molecular weight is 216 g/mol. The first-order valence-corrected chi connectivity index (χ1v) is 5.14. The van der Waals surface area contributed by atoms with Crippen molar-refractivity contribution >= 4 is 11.9 Å². The molecular weight excluding hydrogens is 196 g/mol. The third-order valence-corrected chi connectivity index (χ3v) is 1.94. The van der Waals surface area contributed by atoms with Crippen molar-refractivity contribution in [1.82, 2.24) is 10.6 Å². The SMILES string of the molecule is CNCCC(=O)N[C@H](CC(C)C)C(=O)O. The molecule has 3 N–H and O–H groups in total. The highest BCUT2D eigenvalue weighted by atomic mass is 16.4. The van der Waals surface area contributed by atoms with Gasteiger partial charge in [0.05, 0.1) is 0 Å². The quantitative estimate of drug-likeness (QED) is 0.568. The zero-order chi connectivity index (χ0) is 11.8. The van der Waals surface area contributed by atoms with Gasteiger partial charge in [0, 0.05) is 13.0 Å². The van der Waals surface area contributed by atoms with Crippen molar-refractivity contribution in [2.75, 3.05) is 13.6 Å². The molecule has 0 aliphatic carbocycles. The number of nitrogens with one attached hydrogen (secondary N) is 2. The standard InChI is InChI=1S/C10H20N2O3/c1-7(2)6-8(10(14)15)12-9(13)4-5-11-3/h7-8,11H,4-6H2,1-3H3,(H,12,13)(H,14,15)/t8-/m1/s1. The summed E-state index contributed by atoms with van der Waals surface area (Å²) in [5, 5.41) is 14.2. The lowest BCUT2D eigenvalue weighted by Crippen LogP contribution is -2.42. The number of amides is 1. The summed E-state index contributed by atoms with van der Waals surface area (Å²) in [5.74, 6) is -0.949. The smallest absolute Gasteiger partial charge is 0.326 e. The van der Waals surface area contributed by atoms with E-state index in [2.05, 4.69) is 10.6 Å². The largest absolute Gasteiger partial charge is 0.480 e. The summed E-state index contributed by atoms with van der Waals surface area (Å²) in [6, 6.07) is -0.769. The summed E-state index contributed by atoms with van der Waals surface area (Å²) in [6.45, 7) is 4.41. The minimum atomic E-state index is -0.971. The Morgan fingerprint density at radius 3 is 2.33 bits per heavy atom. The minimum absolute atomic E-state index is 0.225. The fraction of sp³-hybridized carbons (Fsp3) is 0.800. The van der Waals surface area contributed by atoms with Crippen LogP contribution in [0.1, 0.15) is 26.7 Å². The first-order valence-electron chi connectivity index (χ1n) is 5.14. The Morgan fingerprint density at radius 1 is 1.33 bits per heavy atom. The molecule has 5 heteroatoms. The van der Waals surface area contributed by atoms with E-state index < -0.39 is 12.0 Å². The van der Waals surface area contributed by atoms with Gasteiger partial charge in [-0.1, -0.05) is 13.8 Å². The summed E-state index contributed by atoms with van der Waals surface area (Å²) in [4.78, 5) is 22.1. The van der Waals surface area contributed by atoms with Crippen LogP contribution in [0.15, 0.2) is 0 Å². The van der Waals surface area contributed by atoms with Gasteiger partial charge in [-0.3, -0.25) is 4.79 Å². The summed E-state index contributed by atoms with van der Waals surface area (Å²) < 4.78 is 0. The molecule has 0 saturated heterocycles. The molecule has 0 aromatic heterocycles. The Morgan fingerprint density at radius 2 is 1.93 bits per heavy atom. The summed E-state index contributed by atoms with van der Waals surface area (Å²) in [7, 11) is 1.75. The Hall–Kier alpha value is -1.10. The van der Waals surface area contributed by atoms with Crippen LogP contribution in [0.3, 0.4) is 0 Å². The third kappa shape index (κ3) is 6.90. The fourth-order valence-electron chi connectivity index (χ4n) is 1.20. The van der Waals surface area contributed by atoms with Gasteiger partial charge in [0.2, 0.25) is 5.91 Å². The summed E-state index contributed by atoms with van der Waals surface area (Å²) >= 11 is 0. The van der Waals surface area contributed by atoms with Gasteiger partial charge in [0.25, 0.3) is 0 Å². The van der Waals surface area contributed by atoms with Gasteiger partial charge in [-0.15, -0.1) is 0 Å². The van der Waals surface area contributed by atoms with Crippen LogP contribution in [0.2, 0.25) is 0 Å². The molecule has 0 aromatic carbocycles. The van der Waals surface area contributed by atoms with E-state index in [9.17, 15) is 9.59 Å². The number of carboxylic acid groups (broad SMARTS) is 1. The highest BCUT2D eigenvalue weighted by Crippen LogP contribution is 2.04. The van der Waals surface area contributed by atoms with Gasteiger partial charge >= 0.3 is 5.97 Å². The van der Waals surface area contributed by atoms with Crippen LogP contribution in [0.4, 0.5) is 0 Å². The predicted octanol–water partition coefficient (Wildman–Crippen LogP) is 0.211. The fourth-order valence-corrected chi connectivity index (χ4v) is 1.20. The highest BCUT2D eigenvalue weighted by Gasteiger charge is 2.20. The second-order valence-corrected chi connectivity index (χ2v) is 3.94. The molecule has 15 heavy (non-hydrogen) atoms. The van der Waals surface area contributed by atoms with Gasteiger partial charge in [0.15, 0.2) is 0 Å². The Balaban J connectivity index is 4.05. The lowest BCUT2D eigenvalue weighted by Gasteiger charge is -2.16. The predicted molar refractivity (Wildman–Crippen MR) is 57.6 cm³/mol. The molecule has 0 unspecified atom stereocenters. The number of hydrogen-bond donors (Lipinski definition) is 3. The van der Waals surface area contributed by atoms with Crippen molar-refractivity contribution in [2.45, 2.75) is 32.7 Å². The monoisotopic (exact) mass is 216 g/mol. The van der Waals surface area contributed by atoms with Crippen LogP contribution in [-0.4, -0.2) is 36.6 Å². The van der Waals surface area contributed by atoms with Gasteiger partial charge in [-0.25, -0.2) is 4.79 Å². The lowest BCUT2D eigenvalue weighted by molar-refractivity contribution is -0.142. The minimum Gasteiger partial charge on any atom is -0.480 e. The number of carboxylic acids is 1. The van der Waals surface area contributed by atoms with Crippen molar-refractivity contribution in [3.8, 4) is 0 Å². The Bertz CT molecular complexity index is 217. The molecule has 0 fully saturated rings. The van der Waals surface area contributed by atoms with Crippen LogP contribution < -0.4 is 10.6 Å². The molecule has 1 amide bonds. The number of rotatable bonds is 7. The molecule has 0 aliphatic heterocycles. The molecule has 1 atom stereocenters. The van der Waals surface area contributed by atoms with Crippen LogP contribution in [0.5, 0.6) is 0 Å². The molecule has 0 aromatic rings. The van der Waals surface area contributed by atoms with Crippen molar-refractivity contribution < 1.29 is 14.7 Å². The van der Waals surface area contributed by atoms with Crippen molar-refractivity contribution in [3.05, 3.63) is 0 Å². The molecule has 0 aliphatic rings. The normalized spacial score (nSPS) is 12.5. The number of aliphatic carboxylic acids is 1. The molecule has 88 valence electrons. The highest BCUT2D eigenvalue weighted by molar-refractivity contribution is 5.83. The topological polar surface area (TPSA) is 78.4 Å². The molecule has 0 rings (SSSR count). The second-order valence-electron chi connectivity index (χ2n) is 3.94. The molecule has 0 radical (unpaired) electrons. The molecule has 0 saturated carbocycles. The summed E-state index contributed by atoms with van der Waals surface area (Å²) in [5.41, 5.74) is 0. The van der Waals surface area contributed by atoms with Gasteiger partial charge < -0.3 is 15.7 Å². The maximum absolute atomic E-state index is 11.3. The maximum Gasteiger partial charge on any atom is 0.326 e. The van der Waals surface area contributed by atoms with E-state index in [1.54, 1.807) is 7.05 Å². The van der Waals surface area contributed by atoms with E-state index in [1.165, 1.54) is 0 Å². The number of carbonyl (C=O) groups excluding carboxylic acids is 1. The van der Waals surface area contributed by atoms with Crippen molar-refractivity contribution in [2.24, 2.45) is 5.92 Å². The first-order chi connectivity index (χ1) is 6.97. The third-order valence-electron chi connectivity index (χ3n) is 1.94. The van der Waals surface area contributed by atoms with E-state index in [0.717, 1.165) is 0 Å². The van der Waals surface area contributed by atoms with E-state index in [-0.39, 0.29) is 11.8 Å². The van der Waals surface area contributed by atoms with Crippen LogP contribution in [0, 0.1) is 5.92 Å². The molecule has 0 heterocycles. The van der Waals surface area contributed by atoms with E-state index in [0.29, 0.717) is 19.4 Å². The van der Waals surface area contributed by atoms with Gasteiger partial charge in [-0.2, -0.15) is 0 Å². The number of hydrogen-bond acceptors (Lipinski definition) is 3. The zero-order valence-electron chi connectivity index (χ0n) is 9.54. The van der Waals surface area contributed by atoms with Gasteiger partial charge in [0.1, 0.15) is 6.04 Å². The van der Waals surface area contributed by atoms with E-state index in [1.807, 2.05) is 13.8 Å². The number of carbonyl (C=O) groups is 2. The van der Waals surface area contributed by atoms with Crippen LogP contribution in [-0.2, 0) is 9.59 Å². The second kappa shape index (κ2) is 7.23. The average Bonchev–Trinajstić information content (AvgIpc) is 2.12. The molecular formula is C10H20N2O3. The molecule has 0 bridgehead atoms. The lowest BCUT2D eigenvalue weighted by atomic mass is 10.0. The molecule has 5 nitrogen and oxygen atoms in total. The van der Waals surface area contributed by atoms with Crippen LogP contribution in [0.25, 0.3) is 0 Å². The Kier molecular flexibility index (Phi) is 6.70. The van der Waals surface area contributed by atoms with Crippen LogP contribution >= 0.6 is 0 Å². The summed E-state index contributed by atoms with van der Waals surface area (Å²) in [6.07, 6.45) is 0.763. The van der Waals surface area contributed by atoms with Crippen molar-refractivity contribution in [3.63, 3.8) is 0 Å². The first kappa shape index (κ1) is 13.9. The zero-order valence-corrected chi connectivity index (χ0v) is 9.54. The maximum atomic E-state index is 11.3. The Labute approximate surface area is 90.2 Å². The molecule has 0 spiro atoms.